The molecular formula is C14H22NO5P. The molecule has 1 aromatic carbocycles. The zero-order valence-corrected chi connectivity index (χ0v) is 13.6. The van der Waals surface area contributed by atoms with Crippen molar-refractivity contribution in [3.05, 3.63) is 30.3 Å². The molecule has 0 aliphatic carbocycles. The number of hydrogen-bond donors (Lipinski definition) is 2. The minimum Gasteiger partial charge on any atom is -0.464 e. The molecule has 0 bridgehead atoms. The van der Waals surface area contributed by atoms with Crippen molar-refractivity contribution < 1.29 is 23.5 Å². The Balaban J connectivity index is 2.54. The monoisotopic (exact) mass is 315 g/mol. The molecule has 0 radical (unpaired) electrons. The van der Waals surface area contributed by atoms with Crippen molar-refractivity contribution in [3.63, 3.8) is 0 Å². The number of para-hydroxylation sites is 1. The van der Waals surface area contributed by atoms with E-state index in [2.05, 4.69) is 5.09 Å². The SMILES string of the molecule is C[C@H](NP(=O)(O)Oc1ccccc1)C(=O)OCC(C)(C)C. The van der Waals surface area contributed by atoms with Gasteiger partial charge in [-0.05, 0) is 24.5 Å². The molecule has 0 heterocycles. The van der Waals surface area contributed by atoms with Gasteiger partial charge in [0, 0.05) is 0 Å². The van der Waals surface area contributed by atoms with Crippen LogP contribution < -0.4 is 9.61 Å². The molecule has 2 N–H and O–H groups in total. The van der Waals surface area contributed by atoms with E-state index in [0.29, 0.717) is 0 Å². The first kappa shape index (κ1) is 17.7. The number of ether oxygens (including phenoxy) is 1. The number of benzene rings is 1. The lowest BCUT2D eigenvalue weighted by molar-refractivity contribution is -0.148. The third-order valence-corrected chi connectivity index (χ3v) is 3.50. The van der Waals surface area contributed by atoms with Crippen LogP contribution in [0.4, 0.5) is 0 Å². The lowest BCUT2D eigenvalue weighted by Crippen LogP contribution is -2.35. The Morgan fingerprint density at radius 3 is 2.43 bits per heavy atom. The van der Waals surface area contributed by atoms with E-state index in [9.17, 15) is 14.3 Å². The van der Waals surface area contributed by atoms with E-state index < -0.39 is 19.8 Å². The van der Waals surface area contributed by atoms with Crippen LogP contribution in [0.5, 0.6) is 5.75 Å². The molecule has 0 spiro atoms. The fourth-order valence-electron chi connectivity index (χ4n) is 1.36. The van der Waals surface area contributed by atoms with E-state index in [1.165, 1.54) is 6.92 Å². The first-order valence-electron chi connectivity index (χ1n) is 6.61. The highest BCUT2D eigenvalue weighted by molar-refractivity contribution is 7.51. The van der Waals surface area contributed by atoms with Gasteiger partial charge in [-0.1, -0.05) is 39.0 Å². The second-order valence-electron chi connectivity index (χ2n) is 5.94. The van der Waals surface area contributed by atoms with Gasteiger partial charge in [-0.15, -0.1) is 0 Å². The molecule has 1 rings (SSSR count). The van der Waals surface area contributed by atoms with E-state index in [4.69, 9.17) is 9.26 Å². The smallest absolute Gasteiger partial charge is 0.456 e. The van der Waals surface area contributed by atoms with Crippen molar-refractivity contribution >= 4 is 13.7 Å². The van der Waals surface area contributed by atoms with Crippen molar-refractivity contribution in [1.82, 2.24) is 5.09 Å². The molecule has 0 saturated heterocycles. The van der Waals surface area contributed by atoms with Crippen molar-refractivity contribution in [2.75, 3.05) is 6.61 Å². The minimum absolute atomic E-state index is 0.168. The van der Waals surface area contributed by atoms with Crippen LogP contribution in [-0.4, -0.2) is 23.5 Å². The van der Waals surface area contributed by atoms with Crippen molar-refractivity contribution in [2.45, 2.75) is 33.7 Å². The number of hydrogen-bond acceptors (Lipinski definition) is 4. The molecule has 0 aliphatic heterocycles. The van der Waals surface area contributed by atoms with Crippen LogP contribution in [0.3, 0.4) is 0 Å². The third kappa shape index (κ3) is 7.27. The molecule has 118 valence electrons. The lowest BCUT2D eigenvalue weighted by atomic mass is 9.99. The summed E-state index contributed by atoms with van der Waals surface area (Å²) < 4.78 is 21.9. The standard InChI is InChI=1S/C14H22NO5P/c1-11(13(16)19-10-14(2,3)4)15-21(17,18)20-12-8-6-5-7-9-12/h5-9,11H,10H2,1-4H3,(H2,15,17,18)/t11-/m0/s1. The molecule has 6 nitrogen and oxygen atoms in total. The maximum absolute atomic E-state index is 11.9. The average Bonchev–Trinajstić information content (AvgIpc) is 2.35. The number of esters is 1. The normalized spacial score (nSPS) is 15.9. The zero-order valence-electron chi connectivity index (χ0n) is 12.7. The molecule has 0 aliphatic rings. The van der Waals surface area contributed by atoms with Gasteiger partial charge < -0.3 is 14.2 Å². The van der Waals surface area contributed by atoms with Gasteiger partial charge in [0.15, 0.2) is 0 Å². The van der Waals surface area contributed by atoms with E-state index in [1.807, 2.05) is 20.8 Å². The van der Waals surface area contributed by atoms with Gasteiger partial charge in [-0.2, -0.15) is 5.09 Å². The quantitative estimate of drug-likeness (QED) is 0.620. The highest BCUT2D eigenvalue weighted by Crippen LogP contribution is 2.38. The number of carbonyl (C=O) groups excluding carboxylic acids is 1. The summed E-state index contributed by atoms with van der Waals surface area (Å²) in [6.45, 7) is 7.45. The topological polar surface area (TPSA) is 84.9 Å². The minimum atomic E-state index is -4.14. The van der Waals surface area contributed by atoms with Crippen LogP contribution in [0.15, 0.2) is 30.3 Å². The summed E-state index contributed by atoms with van der Waals surface area (Å²) in [6.07, 6.45) is 0. The Kier molecular flexibility index (Phi) is 5.96. The molecule has 7 heteroatoms. The van der Waals surface area contributed by atoms with Crippen molar-refractivity contribution in [2.24, 2.45) is 5.41 Å². The Morgan fingerprint density at radius 2 is 1.90 bits per heavy atom. The Labute approximate surface area is 125 Å². The summed E-state index contributed by atoms with van der Waals surface area (Å²) in [6, 6.07) is 7.26. The van der Waals surface area contributed by atoms with Crippen LogP contribution >= 0.6 is 7.75 Å². The maximum Gasteiger partial charge on any atom is 0.456 e. The summed E-state index contributed by atoms with van der Waals surface area (Å²) in [5, 5.41) is 2.26. The van der Waals surface area contributed by atoms with Crippen molar-refractivity contribution in [1.29, 1.82) is 0 Å². The van der Waals surface area contributed by atoms with E-state index in [-0.39, 0.29) is 17.8 Å². The summed E-state index contributed by atoms with van der Waals surface area (Å²) in [5.74, 6) is -0.359. The molecule has 1 aromatic rings. The molecule has 1 unspecified atom stereocenters. The maximum atomic E-state index is 11.9. The number of rotatable bonds is 6. The Hall–Kier alpha value is -1.36. The van der Waals surface area contributed by atoms with Gasteiger partial charge in [0.1, 0.15) is 11.8 Å². The second-order valence-corrected chi connectivity index (χ2v) is 7.43. The van der Waals surface area contributed by atoms with Gasteiger partial charge in [-0.25, -0.2) is 4.57 Å². The second kappa shape index (κ2) is 7.07. The fraction of sp³-hybridized carbons (Fsp3) is 0.500. The van der Waals surface area contributed by atoms with E-state index in [1.54, 1.807) is 30.3 Å². The molecule has 0 aromatic heterocycles. The molecule has 0 fully saturated rings. The molecule has 2 atom stereocenters. The van der Waals surface area contributed by atoms with Gasteiger partial charge >= 0.3 is 13.7 Å². The summed E-state index contributed by atoms with van der Waals surface area (Å²) in [5.41, 5.74) is -0.168. The Bertz CT molecular complexity index is 512. The van der Waals surface area contributed by atoms with Crippen LogP contribution in [0.25, 0.3) is 0 Å². The summed E-state index contributed by atoms with van der Waals surface area (Å²) >= 11 is 0. The zero-order chi connectivity index (χ0) is 16.1. The first-order valence-corrected chi connectivity index (χ1v) is 8.19. The van der Waals surface area contributed by atoms with Crippen LogP contribution in [-0.2, 0) is 14.1 Å². The van der Waals surface area contributed by atoms with Gasteiger partial charge in [0.05, 0.1) is 6.61 Å². The fourth-order valence-corrected chi connectivity index (χ4v) is 2.42. The highest BCUT2D eigenvalue weighted by atomic mass is 31.2. The molecular weight excluding hydrogens is 293 g/mol. The predicted molar refractivity (Wildman–Crippen MR) is 79.9 cm³/mol. The van der Waals surface area contributed by atoms with Crippen LogP contribution in [0, 0.1) is 5.41 Å². The highest BCUT2D eigenvalue weighted by Gasteiger charge is 2.28. The molecule has 21 heavy (non-hydrogen) atoms. The lowest BCUT2D eigenvalue weighted by Gasteiger charge is -2.21. The third-order valence-electron chi connectivity index (χ3n) is 2.33. The molecule has 0 amide bonds. The van der Waals surface area contributed by atoms with Crippen LogP contribution in [0.1, 0.15) is 27.7 Å². The molecule has 0 saturated carbocycles. The van der Waals surface area contributed by atoms with E-state index >= 15 is 0 Å². The van der Waals surface area contributed by atoms with Gasteiger partial charge in [0.25, 0.3) is 0 Å². The average molecular weight is 315 g/mol. The number of nitrogens with one attached hydrogen (secondary N) is 1. The first-order chi connectivity index (χ1) is 9.59. The van der Waals surface area contributed by atoms with Gasteiger partial charge in [-0.3, -0.25) is 4.79 Å². The van der Waals surface area contributed by atoms with Crippen molar-refractivity contribution in [3.8, 4) is 5.75 Å². The van der Waals surface area contributed by atoms with Gasteiger partial charge in [0.2, 0.25) is 0 Å². The summed E-state index contributed by atoms with van der Waals surface area (Å²) in [4.78, 5) is 21.5. The predicted octanol–water partition coefficient (Wildman–Crippen LogP) is 2.73. The summed E-state index contributed by atoms with van der Waals surface area (Å²) in [7, 11) is -4.14. The Morgan fingerprint density at radius 1 is 1.33 bits per heavy atom. The number of carbonyl (C=O) groups is 1. The largest absolute Gasteiger partial charge is 0.464 e. The van der Waals surface area contributed by atoms with Crippen LogP contribution in [0.2, 0.25) is 0 Å². The van der Waals surface area contributed by atoms with E-state index in [0.717, 1.165) is 0 Å².